The molecular formula is C20H25N5O2. The van der Waals surface area contributed by atoms with E-state index in [1.165, 1.54) is 0 Å². The van der Waals surface area contributed by atoms with Gasteiger partial charge in [0.05, 0.1) is 11.0 Å². The van der Waals surface area contributed by atoms with Gasteiger partial charge in [0.25, 0.3) is 5.91 Å². The number of hydrogen-bond acceptors (Lipinski definition) is 4. The largest absolute Gasteiger partial charge is 0.369 e. The summed E-state index contributed by atoms with van der Waals surface area (Å²) >= 11 is 0. The van der Waals surface area contributed by atoms with Crippen LogP contribution < -0.4 is 5.73 Å². The van der Waals surface area contributed by atoms with Gasteiger partial charge in [-0.15, -0.1) is 0 Å². The summed E-state index contributed by atoms with van der Waals surface area (Å²) in [5.41, 5.74) is 6.70. The van der Waals surface area contributed by atoms with E-state index in [0.717, 1.165) is 24.9 Å². The number of likely N-dealkylation sites (tertiary alicyclic amines) is 2. The van der Waals surface area contributed by atoms with Crippen molar-refractivity contribution in [2.75, 3.05) is 26.7 Å². The molecular weight excluding hydrogens is 342 g/mol. The van der Waals surface area contributed by atoms with Crippen LogP contribution >= 0.6 is 0 Å². The molecule has 3 N–H and O–H groups in total. The lowest BCUT2D eigenvalue weighted by Crippen LogP contribution is -2.65. The van der Waals surface area contributed by atoms with Crippen LogP contribution in [0.3, 0.4) is 0 Å². The zero-order chi connectivity index (χ0) is 19.0. The second kappa shape index (κ2) is 6.81. The van der Waals surface area contributed by atoms with Gasteiger partial charge in [-0.1, -0.05) is 18.2 Å². The molecule has 27 heavy (non-hydrogen) atoms. The van der Waals surface area contributed by atoms with Crippen molar-refractivity contribution < 1.29 is 9.59 Å². The van der Waals surface area contributed by atoms with Crippen LogP contribution in [-0.4, -0.2) is 64.3 Å². The van der Waals surface area contributed by atoms with Crippen molar-refractivity contribution in [1.29, 1.82) is 0 Å². The highest BCUT2D eigenvalue weighted by molar-refractivity contribution is 6.00. The predicted molar refractivity (Wildman–Crippen MR) is 102 cm³/mol. The molecule has 2 aliphatic rings. The van der Waals surface area contributed by atoms with Gasteiger partial charge in [-0.05, 0) is 38.9 Å². The number of imidazole rings is 1. The van der Waals surface area contributed by atoms with E-state index in [2.05, 4.69) is 14.9 Å². The Kier molecular flexibility index (Phi) is 4.47. The van der Waals surface area contributed by atoms with Crippen LogP contribution in [0.15, 0.2) is 36.7 Å². The number of rotatable bonds is 3. The second-order valence-electron chi connectivity index (χ2n) is 7.60. The van der Waals surface area contributed by atoms with E-state index in [1.807, 2.05) is 36.2 Å². The van der Waals surface area contributed by atoms with E-state index >= 15 is 0 Å². The minimum atomic E-state index is -0.524. The highest BCUT2D eigenvalue weighted by Crippen LogP contribution is 2.42. The Hall–Kier alpha value is -2.67. The van der Waals surface area contributed by atoms with Crippen LogP contribution in [0.2, 0.25) is 0 Å². The summed E-state index contributed by atoms with van der Waals surface area (Å²) in [6.45, 7) is 1.98. The van der Waals surface area contributed by atoms with E-state index in [4.69, 9.17) is 5.73 Å². The molecule has 1 aromatic heterocycles. The first-order chi connectivity index (χ1) is 13.0. The number of hydrogen-bond donors (Lipinski definition) is 2. The number of fused-ring (bicyclic) bond motifs is 1. The summed E-state index contributed by atoms with van der Waals surface area (Å²) in [5.74, 6) is 0.415. The Morgan fingerprint density at radius 2 is 2.07 bits per heavy atom. The Labute approximate surface area is 158 Å². The molecule has 2 aromatic rings. The van der Waals surface area contributed by atoms with Crippen LogP contribution in [0, 0.1) is 5.41 Å². The van der Waals surface area contributed by atoms with E-state index < -0.39 is 5.41 Å². The lowest BCUT2D eigenvalue weighted by molar-refractivity contribution is -0.139. The molecule has 3 heterocycles. The molecule has 0 aliphatic carbocycles. The van der Waals surface area contributed by atoms with Gasteiger partial charge in [-0.3, -0.25) is 9.59 Å². The van der Waals surface area contributed by atoms with Crippen LogP contribution in [0.5, 0.6) is 0 Å². The summed E-state index contributed by atoms with van der Waals surface area (Å²) in [6.07, 6.45) is 5.81. The number of H-pyrrole nitrogens is 1. The fourth-order valence-corrected chi connectivity index (χ4v) is 4.68. The summed E-state index contributed by atoms with van der Waals surface area (Å²) in [5, 5.41) is 0. The molecule has 2 fully saturated rings. The molecule has 1 aromatic carbocycles. The third-order valence-electron chi connectivity index (χ3n) is 6.21. The Morgan fingerprint density at radius 3 is 2.81 bits per heavy atom. The number of piperidine rings is 2. The number of likely N-dealkylation sites (N-methyl/N-ethyl adjacent to an activating group) is 1. The van der Waals surface area contributed by atoms with Gasteiger partial charge in [0.1, 0.15) is 5.82 Å². The van der Waals surface area contributed by atoms with Gasteiger partial charge in [0, 0.05) is 37.1 Å². The maximum absolute atomic E-state index is 13.3. The fourth-order valence-electron chi connectivity index (χ4n) is 4.68. The average Bonchev–Trinajstić information content (AvgIpc) is 3.22. The Morgan fingerprint density at radius 1 is 1.26 bits per heavy atom. The van der Waals surface area contributed by atoms with Crippen LogP contribution in [0.25, 0.3) is 11.4 Å². The predicted octanol–water partition coefficient (Wildman–Crippen LogP) is 1.49. The van der Waals surface area contributed by atoms with Gasteiger partial charge >= 0.3 is 0 Å². The lowest BCUT2D eigenvalue weighted by atomic mass is 9.68. The normalized spacial score (nSPS) is 25.8. The van der Waals surface area contributed by atoms with E-state index in [0.29, 0.717) is 30.9 Å². The first-order valence-electron chi connectivity index (χ1n) is 9.41. The standard InChI is InChI=1S/C20H25N5O2/c1-24-11-4-7-20(19(21)27)8-12-25(13-16(20)24)18(26)15-6-3-2-5-14(15)17-22-9-10-23-17/h2-3,5-6,9-10,16H,4,7-8,11-13H2,1H3,(H2,21,27)(H,22,23)/t16-,20+/m0/s1. The molecule has 7 heteroatoms. The molecule has 2 atom stereocenters. The van der Waals surface area contributed by atoms with Crippen molar-refractivity contribution >= 4 is 11.8 Å². The number of nitrogens with zero attached hydrogens (tertiary/aromatic N) is 3. The highest BCUT2D eigenvalue weighted by Gasteiger charge is 2.51. The molecule has 0 saturated carbocycles. The number of carbonyl (C=O) groups excluding carboxylic acids is 2. The second-order valence-corrected chi connectivity index (χ2v) is 7.60. The molecule has 142 valence electrons. The van der Waals surface area contributed by atoms with Crippen molar-refractivity contribution in [2.24, 2.45) is 11.1 Å². The monoisotopic (exact) mass is 367 g/mol. The summed E-state index contributed by atoms with van der Waals surface area (Å²) in [6, 6.07) is 7.47. The number of nitrogens with two attached hydrogens (primary N) is 1. The smallest absolute Gasteiger partial charge is 0.254 e. The summed E-state index contributed by atoms with van der Waals surface area (Å²) in [7, 11) is 2.02. The van der Waals surface area contributed by atoms with Gasteiger partial charge in [0.15, 0.2) is 0 Å². The lowest BCUT2D eigenvalue weighted by Gasteiger charge is -2.52. The molecule has 4 rings (SSSR count). The van der Waals surface area contributed by atoms with Gasteiger partial charge in [-0.2, -0.15) is 0 Å². The Bertz CT molecular complexity index is 850. The first kappa shape index (κ1) is 17.7. The number of primary amides is 1. The molecule has 0 spiro atoms. The third kappa shape index (κ3) is 2.92. The highest BCUT2D eigenvalue weighted by atomic mass is 16.2. The maximum atomic E-state index is 13.3. The fraction of sp³-hybridized carbons (Fsp3) is 0.450. The van der Waals surface area contributed by atoms with Crippen LogP contribution in [-0.2, 0) is 4.79 Å². The maximum Gasteiger partial charge on any atom is 0.254 e. The van der Waals surface area contributed by atoms with Gasteiger partial charge in [0.2, 0.25) is 5.91 Å². The van der Waals surface area contributed by atoms with Crippen LogP contribution in [0.4, 0.5) is 0 Å². The topological polar surface area (TPSA) is 95.3 Å². The molecule has 0 radical (unpaired) electrons. The molecule has 7 nitrogen and oxygen atoms in total. The number of aromatic nitrogens is 2. The number of aromatic amines is 1. The van der Waals surface area contributed by atoms with Gasteiger partial charge < -0.3 is 20.5 Å². The van der Waals surface area contributed by atoms with E-state index in [9.17, 15) is 9.59 Å². The zero-order valence-electron chi connectivity index (χ0n) is 15.5. The SMILES string of the molecule is CN1CCC[C@@]2(C(N)=O)CCN(C(=O)c3ccccc3-c3ncc[nH]3)C[C@H]12. The molecule has 0 bridgehead atoms. The zero-order valence-corrected chi connectivity index (χ0v) is 15.5. The molecule has 2 amide bonds. The van der Waals surface area contributed by atoms with Crippen LogP contribution in [0.1, 0.15) is 29.6 Å². The third-order valence-corrected chi connectivity index (χ3v) is 6.21. The van der Waals surface area contributed by atoms with Crippen molar-refractivity contribution in [2.45, 2.75) is 25.3 Å². The van der Waals surface area contributed by atoms with Crippen molar-refractivity contribution in [1.82, 2.24) is 19.8 Å². The number of amides is 2. The molecule has 2 saturated heterocycles. The average molecular weight is 367 g/mol. The van der Waals surface area contributed by atoms with Crippen molar-refractivity contribution in [3.63, 3.8) is 0 Å². The number of benzene rings is 1. The number of carbonyl (C=O) groups is 2. The summed E-state index contributed by atoms with van der Waals surface area (Å²) in [4.78, 5) is 37.0. The van der Waals surface area contributed by atoms with Gasteiger partial charge in [-0.25, -0.2) is 4.98 Å². The van der Waals surface area contributed by atoms with Crippen molar-refractivity contribution in [3.8, 4) is 11.4 Å². The first-order valence-corrected chi connectivity index (χ1v) is 9.41. The summed E-state index contributed by atoms with van der Waals surface area (Å²) < 4.78 is 0. The minimum absolute atomic E-state index is 0.0287. The minimum Gasteiger partial charge on any atom is -0.369 e. The number of nitrogens with one attached hydrogen (secondary N) is 1. The van der Waals surface area contributed by atoms with E-state index in [-0.39, 0.29) is 17.9 Å². The molecule has 0 unspecified atom stereocenters. The Balaban J connectivity index is 1.63. The van der Waals surface area contributed by atoms with E-state index in [1.54, 1.807) is 12.4 Å². The molecule has 2 aliphatic heterocycles. The quantitative estimate of drug-likeness (QED) is 0.859. The van der Waals surface area contributed by atoms with Crippen molar-refractivity contribution in [3.05, 3.63) is 42.2 Å².